The third-order valence-corrected chi connectivity index (χ3v) is 1.48. The molecule has 80 valence electrons. The van der Waals surface area contributed by atoms with Crippen molar-refractivity contribution in [2.45, 2.75) is 6.61 Å². The van der Waals surface area contributed by atoms with E-state index in [1.807, 2.05) is 0 Å². The summed E-state index contributed by atoms with van der Waals surface area (Å²) in [6.07, 6.45) is 0. The molecule has 0 radical (unpaired) electrons. The first kappa shape index (κ1) is 11.4. The Balaban J connectivity index is 3.08. The second kappa shape index (κ2) is 5.27. The fourth-order valence-corrected chi connectivity index (χ4v) is 0.948. The summed E-state index contributed by atoms with van der Waals surface area (Å²) in [5.41, 5.74) is -0.285. The van der Waals surface area contributed by atoms with E-state index in [-0.39, 0.29) is 11.3 Å². The van der Waals surface area contributed by atoms with Gasteiger partial charge in [0.15, 0.2) is 0 Å². The monoisotopic (exact) mass is 216 g/mol. The molecule has 0 saturated heterocycles. The van der Waals surface area contributed by atoms with Gasteiger partial charge in [-0.3, -0.25) is 0 Å². The molecule has 15 heavy (non-hydrogen) atoms. The molecule has 5 heteroatoms. The topological polar surface area (TPSA) is 29.5 Å². The first-order valence-electron chi connectivity index (χ1n) is 3.98. The molecule has 0 aromatic heterocycles. The minimum atomic E-state index is -3.04. The Morgan fingerprint density at radius 1 is 1.40 bits per heavy atom. The molecule has 1 rings (SSSR count). The Bertz CT molecular complexity index is 393. The van der Waals surface area contributed by atoms with E-state index in [0.29, 0.717) is 0 Å². The highest BCUT2D eigenvalue weighted by molar-refractivity contribution is 5.47. The fourth-order valence-electron chi connectivity index (χ4n) is 0.948. The zero-order valence-corrected chi connectivity index (χ0v) is 7.51. The Hall–Kier alpha value is -1.67. The Labute approximate surface area is 84.3 Å². The molecule has 2 nitrogen and oxygen atoms in total. The predicted octanol–water partition coefficient (Wildman–Crippen LogP) is 1.77. The van der Waals surface area contributed by atoms with Crippen LogP contribution in [0.3, 0.4) is 0 Å². The van der Waals surface area contributed by atoms with Crippen LogP contribution in [0.25, 0.3) is 0 Å². The number of rotatable bonds is 2. The summed E-state index contributed by atoms with van der Waals surface area (Å²) in [6.45, 7) is -3.52. The molecule has 0 unspecified atom stereocenters. The third-order valence-electron chi connectivity index (χ3n) is 1.48. The van der Waals surface area contributed by atoms with Gasteiger partial charge in [0, 0.05) is 0 Å². The van der Waals surface area contributed by atoms with Crippen molar-refractivity contribution in [3.8, 4) is 17.6 Å². The molecule has 0 aliphatic carbocycles. The maximum absolute atomic E-state index is 13.1. The highest BCUT2D eigenvalue weighted by Gasteiger charge is 2.11. The van der Waals surface area contributed by atoms with Crippen LogP contribution in [-0.2, 0) is 0 Å². The molecule has 0 spiro atoms. The van der Waals surface area contributed by atoms with Gasteiger partial charge in [-0.05, 0) is 12.1 Å². The molecule has 0 saturated carbocycles. The molecule has 1 aromatic carbocycles. The van der Waals surface area contributed by atoms with Crippen molar-refractivity contribution < 1.29 is 23.0 Å². The quantitative estimate of drug-likeness (QED) is 0.763. The SMILES string of the molecule is OCC#Cc1c(F)cccc1OC(F)F. The summed E-state index contributed by atoms with van der Waals surface area (Å²) in [5, 5.41) is 8.41. The summed E-state index contributed by atoms with van der Waals surface area (Å²) >= 11 is 0. The van der Waals surface area contributed by atoms with Crippen molar-refractivity contribution in [1.29, 1.82) is 0 Å². The minimum Gasteiger partial charge on any atom is -0.433 e. The summed E-state index contributed by atoms with van der Waals surface area (Å²) in [5.74, 6) is 3.25. The molecule has 1 aromatic rings. The molecule has 0 heterocycles. The highest BCUT2D eigenvalue weighted by atomic mass is 19.3. The van der Waals surface area contributed by atoms with Crippen LogP contribution >= 0.6 is 0 Å². The smallest absolute Gasteiger partial charge is 0.387 e. The number of benzene rings is 1. The van der Waals surface area contributed by atoms with Crippen molar-refractivity contribution in [3.63, 3.8) is 0 Å². The van der Waals surface area contributed by atoms with Gasteiger partial charge in [0.1, 0.15) is 23.7 Å². The number of aliphatic hydroxyl groups is 1. The van der Waals surface area contributed by atoms with E-state index >= 15 is 0 Å². The maximum Gasteiger partial charge on any atom is 0.387 e. The van der Waals surface area contributed by atoms with E-state index in [1.54, 1.807) is 0 Å². The highest BCUT2D eigenvalue weighted by Crippen LogP contribution is 2.22. The van der Waals surface area contributed by atoms with E-state index in [1.165, 1.54) is 12.1 Å². The van der Waals surface area contributed by atoms with Gasteiger partial charge in [-0.25, -0.2) is 4.39 Å². The molecule has 0 fully saturated rings. The van der Waals surface area contributed by atoms with Gasteiger partial charge < -0.3 is 9.84 Å². The lowest BCUT2D eigenvalue weighted by Gasteiger charge is -2.06. The number of hydrogen-bond donors (Lipinski definition) is 1. The average Bonchev–Trinajstić information content (AvgIpc) is 2.16. The van der Waals surface area contributed by atoms with Crippen LogP contribution in [0.5, 0.6) is 5.75 Å². The molecular formula is C10H7F3O2. The van der Waals surface area contributed by atoms with E-state index in [2.05, 4.69) is 16.6 Å². The van der Waals surface area contributed by atoms with E-state index < -0.39 is 19.0 Å². The van der Waals surface area contributed by atoms with Crippen molar-refractivity contribution in [2.24, 2.45) is 0 Å². The van der Waals surface area contributed by atoms with Crippen LogP contribution in [0.15, 0.2) is 18.2 Å². The predicted molar refractivity (Wildman–Crippen MR) is 47.0 cm³/mol. The number of ether oxygens (including phenoxy) is 1. The Morgan fingerprint density at radius 3 is 2.73 bits per heavy atom. The fraction of sp³-hybridized carbons (Fsp3) is 0.200. The van der Waals surface area contributed by atoms with E-state index in [4.69, 9.17) is 5.11 Å². The Morgan fingerprint density at radius 2 is 2.13 bits per heavy atom. The van der Waals surface area contributed by atoms with Gasteiger partial charge in [0.05, 0.1) is 0 Å². The van der Waals surface area contributed by atoms with Crippen molar-refractivity contribution in [1.82, 2.24) is 0 Å². The minimum absolute atomic E-state index is 0.285. The van der Waals surface area contributed by atoms with Crippen LogP contribution in [0.1, 0.15) is 5.56 Å². The number of halogens is 3. The summed E-state index contributed by atoms with van der Waals surface area (Å²) in [4.78, 5) is 0. The first-order valence-corrected chi connectivity index (χ1v) is 3.98. The van der Waals surface area contributed by atoms with Gasteiger partial charge in [0.2, 0.25) is 0 Å². The van der Waals surface area contributed by atoms with E-state index in [0.717, 1.165) is 6.07 Å². The molecule has 0 atom stereocenters. The van der Waals surface area contributed by atoms with Crippen LogP contribution in [-0.4, -0.2) is 18.3 Å². The lowest BCUT2D eigenvalue weighted by molar-refractivity contribution is -0.0501. The van der Waals surface area contributed by atoms with Crippen molar-refractivity contribution >= 4 is 0 Å². The number of alkyl halides is 2. The maximum atomic E-state index is 13.1. The van der Waals surface area contributed by atoms with Gasteiger partial charge in [-0.15, -0.1) is 0 Å². The van der Waals surface area contributed by atoms with Crippen molar-refractivity contribution in [3.05, 3.63) is 29.6 Å². The molecule has 0 bridgehead atoms. The van der Waals surface area contributed by atoms with Crippen LogP contribution in [0.4, 0.5) is 13.2 Å². The number of aliphatic hydroxyl groups excluding tert-OH is 1. The number of hydrogen-bond acceptors (Lipinski definition) is 2. The zero-order valence-electron chi connectivity index (χ0n) is 7.51. The van der Waals surface area contributed by atoms with Crippen LogP contribution in [0, 0.1) is 17.7 Å². The summed E-state index contributed by atoms with van der Waals surface area (Å²) in [7, 11) is 0. The van der Waals surface area contributed by atoms with Crippen LogP contribution in [0.2, 0.25) is 0 Å². The average molecular weight is 216 g/mol. The van der Waals surface area contributed by atoms with Gasteiger partial charge >= 0.3 is 6.61 Å². The molecule has 0 aliphatic rings. The molecule has 0 amide bonds. The standard InChI is InChI=1S/C10H7F3O2/c11-8-4-1-5-9(15-10(12)13)7(8)3-2-6-14/h1,4-5,10,14H,6H2. The van der Waals surface area contributed by atoms with E-state index in [9.17, 15) is 13.2 Å². The Kier molecular flexibility index (Phi) is 4.01. The lowest BCUT2D eigenvalue weighted by Crippen LogP contribution is -2.04. The largest absolute Gasteiger partial charge is 0.433 e. The van der Waals surface area contributed by atoms with Gasteiger partial charge in [-0.2, -0.15) is 8.78 Å². The lowest BCUT2D eigenvalue weighted by atomic mass is 10.2. The molecular weight excluding hydrogens is 209 g/mol. The second-order valence-electron chi connectivity index (χ2n) is 2.45. The molecule has 0 aliphatic heterocycles. The van der Waals surface area contributed by atoms with Crippen molar-refractivity contribution in [2.75, 3.05) is 6.61 Å². The van der Waals surface area contributed by atoms with Gasteiger partial charge in [0.25, 0.3) is 0 Å². The van der Waals surface area contributed by atoms with Crippen LogP contribution < -0.4 is 4.74 Å². The normalized spacial score (nSPS) is 9.67. The molecule has 1 N–H and O–H groups in total. The second-order valence-corrected chi connectivity index (χ2v) is 2.45. The third kappa shape index (κ3) is 3.18. The first-order chi connectivity index (χ1) is 7.15. The van der Waals surface area contributed by atoms with Gasteiger partial charge in [-0.1, -0.05) is 17.9 Å². The summed E-state index contributed by atoms with van der Waals surface area (Å²) in [6, 6.07) is 3.48. The zero-order chi connectivity index (χ0) is 11.3. The summed E-state index contributed by atoms with van der Waals surface area (Å²) < 4.78 is 41.0.